The van der Waals surface area contributed by atoms with Crippen LogP contribution in [0.15, 0.2) is 12.5 Å². The fourth-order valence-corrected chi connectivity index (χ4v) is 7.55. The molecule has 0 fully saturated rings. The van der Waals surface area contributed by atoms with Crippen LogP contribution in [0.5, 0.6) is 0 Å². The third kappa shape index (κ3) is 32.5. The quantitative estimate of drug-likeness (QED) is 0.0319. The molecule has 404 valence electrons. The zero-order valence-corrected chi connectivity index (χ0v) is 44.0. The fraction of sp³-hybridized carbons (Fsp3) is 0.808. The van der Waals surface area contributed by atoms with Gasteiger partial charge < -0.3 is 47.0 Å². The number of aliphatic hydroxyl groups is 1. The standard InChI is InChI=1S/C29H48N6O7.C23H47NO3.3H2/c1-27(2,21(37)11-18(25(31)41)9-7-8-10-33-24(40)16-36)13-22(38)28(3,4)14-23(39)29(5,6)35-26(42)20(30)12-19-15-32-17-34-19;1-3-4-5-6-7-8-9-10-11-12-13-14-15-16-17-18-23(25)24-19-20-27-22-21-26-2;;;/h15,17-18,20,36H,7-14,16,30H2,1-6H3,(H2,31,41)(H,32,34)(H,33,40)(H,35,42);3-22H2,1-2H3,(H,24,25);3*1H/t18-,20+;;;;/m1..../s1. The number of aliphatic hydroxyl groups excluding tert-OH is 1. The van der Waals surface area contributed by atoms with Gasteiger partial charge >= 0.3 is 0 Å². The molecule has 1 heterocycles. The number of imidazole rings is 1. The van der Waals surface area contributed by atoms with E-state index in [-0.39, 0.29) is 53.2 Å². The van der Waals surface area contributed by atoms with Crippen molar-refractivity contribution in [1.29, 1.82) is 0 Å². The predicted octanol–water partition coefficient (Wildman–Crippen LogP) is 7.25. The van der Waals surface area contributed by atoms with Gasteiger partial charge in [-0.05, 0) is 33.1 Å². The molecule has 0 saturated heterocycles. The summed E-state index contributed by atoms with van der Waals surface area (Å²) in [5.41, 5.74) is 8.67. The van der Waals surface area contributed by atoms with Gasteiger partial charge in [-0.2, -0.15) is 0 Å². The van der Waals surface area contributed by atoms with Crippen molar-refractivity contribution in [2.24, 2.45) is 28.2 Å². The Hall–Kier alpha value is -4.06. The Morgan fingerprint density at radius 2 is 1.25 bits per heavy atom. The number of carbonyl (C=O) groups excluding carboxylic acids is 7. The number of methoxy groups -OCH3 is 1. The van der Waals surface area contributed by atoms with Gasteiger partial charge in [0.1, 0.15) is 18.2 Å². The van der Waals surface area contributed by atoms with Crippen LogP contribution in [-0.2, 0) is 49.5 Å². The Labute approximate surface area is 419 Å². The summed E-state index contributed by atoms with van der Waals surface area (Å²) in [6.45, 7) is 13.9. The number of nitrogens with one attached hydrogen (secondary N) is 4. The number of nitrogens with two attached hydrogens (primary N) is 2. The maximum absolute atomic E-state index is 13.3. The number of nitrogens with zero attached hydrogens (tertiary/aromatic N) is 1. The van der Waals surface area contributed by atoms with Gasteiger partial charge in [0.2, 0.25) is 23.6 Å². The minimum Gasteiger partial charge on any atom is -0.387 e. The number of unbranched alkanes of at least 4 members (excludes halogenated alkanes) is 15. The molecule has 0 bridgehead atoms. The van der Waals surface area contributed by atoms with Crippen LogP contribution < -0.4 is 27.4 Å². The summed E-state index contributed by atoms with van der Waals surface area (Å²) in [5, 5.41) is 16.8. The minimum atomic E-state index is -1.29. The molecule has 17 nitrogen and oxygen atoms in total. The Morgan fingerprint density at radius 1 is 0.710 bits per heavy atom. The third-order valence-corrected chi connectivity index (χ3v) is 12.5. The minimum absolute atomic E-state index is 0. The molecule has 1 aromatic rings. The van der Waals surface area contributed by atoms with Crippen molar-refractivity contribution in [3.8, 4) is 0 Å². The second-order valence-electron chi connectivity index (χ2n) is 20.4. The molecule has 17 heteroatoms. The van der Waals surface area contributed by atoms with E-state index in [4.69, 9.17) is 26.0 Å². The van der Waals surface area contributed by atoms with Gasteiger partial charge in [-0.3, -0.25) is 33.6 Å². The van der Waals surface area contributed by atoms with Gasteiger partial charge in [-0.1, -0.05) is 131 Å². The van der Waals surface area contributed by atoms with Crippen LogP contribution in [0, 0.1) is 16.7 Å². The van der Waals surface area contributed by atoms with E-state index in [1.54, 1.807) is 54.8 Å². The number of aromatic amines is 1. The summed E-state index contributed by atoms with van der Waals surface area (Å²) in [6.07, 6.45) is 25.1. The first-order valence-electron chi connectivity index (χ1n) is 25.8. The maximum Gasteiger partial charge on any atom is 0.245 e. The summed E-state index contributed by atoms with van der Waals surface area (Å²) >= 11 is 0. The number of ketones is 3. The van der Waals surface area contributed by atoms with Gasteiger partial charge in [-0.15, -0.1) is 0 Å². The van der Waals surface area contributed by atoms with E-state index >= 15 is 0 Å². The number of hydrogen-bond acceptors (Lipinski definition) is 12. The number of primary amides is 1. The van der Waals surface area contributed by atoms with Crippen LogP contribution in [0.1, 0.15) is 200 Å². The molecule has 4 amide bonds. The Bertz CT molecular complexity index is 1620. The first-order chi connectivity index (χ1) is 32.6. The van der Waals surface area contributed by atoms with Gasteiger partial charge in [0, 0.05) is 85.2 Å². The highest BCUT2D eigenvalue weighted by Gasteiger charge is 2.41. The molecule has 0 unspecified atom stereocenters. The first-order valence-corrected chi connectivity index (χ1v) is 25.8. The number of ether oxygens (including phenoxy) is 2. The molecule has 1 aromatic heterocycles. The van der Waals surface area contributed by atoms with E-state index in [0.29, 0.717) is 64.3 Å². The van der Waals surface area contributed by atoms with Crippen molar-refractivity contribution < 1.29 is 52.4 Å². The average molecular weight is 984 g/mol. The molecule has 1 rings (SSSR count). The van der Waals surface area contributed by atoms with Gasteiger partial charge in [-0.25, -0.2) is 4.98 Å². The molecular formula is C52H101N7O10. The molecule has 0 saturated carbocycles. The van der Waals surface area contributed by atoms with E-state index in [9.17, 15) is 33.6 Å². The van der Waals surface area contributed by atoms with E-state index in [2.05, 4.69) is 32.8 Å². The molecule has 0 aliphatic rings. The highest BCUT2D eigenvalue weighted by atomic mass is 16.5. The van der Waals surface area contributed by atoms with E-state index in [1.165, 1.54) is 96.2 Å². The lowest BCUT2D eigenvalue weighted by molar-refractivity contribution is -0.140. The lowest BCUT2D eigenvalue weighted by Gasteiger charge is -2.33. The van der Waals surface area contributed by atoms with Crippen molar-refractivity contribution in [3.05, 3.63) is 18.2 Å². The van der Waals surface area contributed by atoms with E-state index in [0.717, 1.165) is 6.42 Å². The molecule has 69 heavy (non-hydrogen) atoms. The third-order valence-electron chi connectivity index (χ3n) is 12.5. The second-order valence-corrected chi connectivity index (χ2v) is 20.4. The van der Waals surface area contributed by atoms with Crippen molar-refractivity contribution in [3.63, 3.8) is 0 Å². The SMILES string of the molecule is CC(C)(CC(=O)C(C)(C)CC(=O)C(C)(C)NC(=O)[C@@H](N)Cc1cnc[nH]1)C(=O)C[C@@H](CCCCNC(=O)CO)C(N)=O.CCCCCCCCCCCCCCCCCC(=O)NCCOCCOC.[HH].[HH].[HH]. The molecule has 9 N–H and O–H groups in total. The number of rotatable bonds is 42. The molecule has 0 aliphatic heterocycles. The molecule has 0 aromatic carbocycles. The van der Waals surface area contributed by atoms with E-state index in [1.807, 2.05) is 0 Å². The van der Waals surface area contributed by atoms with Gasteiger partial charge in [0.25, 0.3) is 0 Å². The predicted molar refractivity (Wildman–Crippen MR) is 277 cm³/mol. The molecular weight excluding hydrogens is 883 g/mol. The maximum atomic E-state index is 13.3. The summed E-state index contributed by atoms with van der Waals surface area (Å²) in [4.78, 5) is 93.9. The smallest absolute Gasteiger partial charge is 0.245 e. The van der Waals surface area contributed by atoms with Crippen molar-refractivity contribution in [1.82, 2.24) is 25.9 Å². The van der Waals surface area contributed by atoms with Crippen molar-refractivity contribution in [2.75, 3.05) is 46.6 Å². The van der Waals surface area contributed by atoms with Crippen LogP contribution in [0.3, 0.4) is 0 Å². The number of aromatic nitrogens is 2. The number of hydrogen-bond donors (Lipinski definition) is 7. The monoisotopic (exact) mass is 984 g/mol. The number of carbonyl (C=O) groups is 7. The summed E-state index contributed by atoms with van der Waals surface area (Å²) in [5.74, 6) is -3.17. The largest absolute Gasteiger partial charge is 0.387 e. The molecule has 0 aliphatic carbocycles. The normalized spacial score (nSPS) is 12.6. The average Bonchev–Trinajstić information content (AvgIpc) is 3.80. The molecule has 0 radical (unpaired) electrons. The summed E-state index contributed by atoms with van der Waals surface area (Å²) in [6, 6.07) is -0.907. The van der Waals surface area contributed by atoms with Crippen molar-refractivity contribution >= 4 is 41.0 Å². The molecule has 2 atom stereocenters. The number of H-pyrrole nitrogens is 1. The Balaban J connectivity index is -0.000000672. The lowest BCUT2D eigenvalue weighted by Crippen LogP contribution is -2.56. The van der Waals surface area contributed by atoms with Crippen LogP contribution >= 0.6 is 0 Å². The van der Waals surface area contributed by atoms with Crippen LogP contribution in [0.25, 0.3) is 0 Å². The highest BCUT2D eigenvalue weighted by molar-refractivity contribution is 5.99. The number of Topliss-reactive ketones (excluding diaryl/α,β-unsaturated/α-hetero) is 3. The second kappa shape index (κ2) is 37.7. The Morgan fingerprint density at radius 3 is 1.77 bits per heavy atom. The number of amides is 4. The Kier molecular flexibility index (Phi) is 35.5. The summed E-state index contributed by atoms with van der Waals surface area (Å²) in [7, 11) is 1.66. The topological polar surface area (TPSA) is 275 Å². The van der Waals surface area contributed by atoms with Gasteiger partial charge in [0.05, 0.1) is 37.7 Å². The van der Waals surface area contributed by atoms with Crippen molar-refractivity contribution in [2.45, 2.75) is 208 Å². The summed E-state index contributed by atoms with van der Waals surface area (Å²) < 4.78 is 10.2. The zero-order valence-electron chi connectivity index (χ0n) is 44.0. The first kappa shape index (κ1) is 64.9. The van der Waals surface area contributed by atoms with E-state index < -0.39 is 52.7 Å². The van der Waals surface area contributed by atoms with Crippen LogP contribution in [0.2, 0.25) is 0 Å². The van der Waals surface area contributed by atoms with Gasteiger partial charge in [0.15, 0.2) is 5.78 Å². The zero-order chi connectivity index (χ0) is 52.1. The lowest BCUT2D eigenvalue weighted by atomic mass is 9.71. The van der Waals surface area contributed by atoms with Crippen LogP contribution in [0.4, 0.5) is 0 Å². The highest BCUT2D eigenvalue weighted by Crippen LogP contribution is 2.34. The van der Waals surface area contributed by atoms with Crippen LogP contribution in [-0.4, -0.2) is 114 Å². The molecule has 0 spiro atoms. The fourth-order valence-electron chi connectivity index (χ4n) is 7.55.